The number of hydrogen-bond acceptors (Lipinski definition) is 3. The summed E-state index contributed by atoms with van der Waals surface area (Å²) in [7, 11) is 0. The van der Waals surface area contributed by atoms with Gasteiger partial charge in [0.1, 0.15) is 5.82 Å². The second-order valence-electron chi connectivity index (χ2n) is 5.69. The Morgan fingerprint density at radius 3 is 2.76 bits per heavy atom. The molecule has 0 saturated carbocycles. The number of hydrogen-bond donors (Lipinski definition) is 2. The Hall–Kier alpha value is -1.46. The van der Waals surface area contributed by atoms with Crippen molar-refractivity contribution in [1.29, 1.82) is 0 Å². The molecule has 0 radical (unpaired) electrons. The molecule has 1 atom stereocenters. The molecule has 0 amide bonds. The molecule has 2 rings (SSSR count). The second kappa shape index (κ2) is 7.52. The number of piperidine rings is 1. The molecule has 0 bridgehead atoms. The van der Waals surface area contributed by atoms with Crippen molar-refractivity contribution in [1.82, 2.24) is 10.2 Å². The minimum atomic E-state index is -1.03. The van der Waals surface area contributed by atoms with Crippen LogP contribution < -0.4 is 5.32 Å². The molecule has 1 aliphatic rings. The summed E-state index contributed by atoms with van der Waals surface area (Å²) in [6.45, 7) is 5.56. The Bertz CT molecular complexity index is 487. The molecular weight excluding hydrogens is 271 g/mol. The zero-order valence-corrected chi connectivity index (χ0v) is 12.4. The van der Waals surface area contributed by atoms with Gasteiger partial charge in [0.15, 0.2) is 0 Å². The molecule has 1 aliphatic heterocycles. The van der Waals surface area contributed by atoms with E-state index in [1.54, 1.807) is 0 Å². The van der Waals surface area contributed by atoms with E-state index in [4.69, 9.17) is 5.11 Å². The smallest absolute Gasteiger partial charge is 0.335 e. The predicted molar refractivity (Wildman–Crippen MR) is 80.0 cm³/mol. The van der Waals surface area contributed by atoms with Crippen LogP contribution in [0.4, 0.5) is 4.39 Å². The molecule has 1 heterocycles. The first-order chi connectivity index (χ1) is 10.1. The molecule has 2 N–H and O–H groups in total. The molecule has 0 spiro atoms. The van der Waals surface area contributed by atoms with Gasteiger partial charge in [0.05, 0.1) is 5.56 Å². The number of carboxylic acids is 1. The lowest BCUT2D eigenvalue weighted by Crippen LogP contribution is -2.43. The van der Waals surface area contributed by atoms with Crippen molar-refractivity contribution in [2.75, 3.05) is 19.6 Å². The summed E-state index contributed by atoms with van der Waals surface area (Å²) < 4.78 is 13.7. The van der Waals surface area contributed by atoms with E-state index in [9.17, 15) is 9.18 Å². The molecule has 116 valence electrons. The largest absolute Gasteiger partial charge is 0.478 e. The van der Waals surface area contributed by atoms with Crippen molar-refractivity contribution in [3.8, 4) is 0 Å². The van der Waals surface area contributed by atoms with E-state index in [1.807, 2.05) is 0 Å². The van der Waals surface area contributed by atoms with Gasteiger partial charge in [-0.25, -0.2) is 9.18 Å². The Labute approximate surface area is 125 Å². The maximum Gasteiger partial charge on any atom is 0.335 e. The van der Waals surface area contributed by atoms with Crippen molar-refractivity contribution >= 4 is 5.97 Å². The molecule has 21 heavy (non-hydrogen) atoms. The third-order valence-electron chi connectivity index (χ3n) is 4.06. The van der Waals surface area contributed by atoms with E-state index >= 15 is 0 Å². The third-order valence-corrected chi connectivity index (χ3v) is 4.06. The maximum atomic E-state index is 13.7. The van der Waals surface area contributed by atoms with Crippen LogP contribution in [0.5, 0.6) is 0 Å². The van der Waals surface area contributed by atoms with E-state index in [0.717, 1.165) is 19.6 Å². The van der Waals surface area contributed by atoms with Crippen molar-refractivity contribution < 1.29 is 14.3 Å². The Kier molecular flexibility index (Phi) is 5.70. The van der Waals surface area contributed by atoms with Gasteiger partial charge in [-0.2, -0.15) is 0 Å². The van der Waals surface area contributed by atoms with Crippen LogP contribution in [0.25, 0.3) is 0 Å². The number of nitrogens with zero attached hydrogens (tertiary/aromatic N) is 1. The first-order valence-electron chi connectivity index (χ1n) is 7.54. The van der Waals surface area contributed by atoms with Gasteiger partial charge >= 0.3 is 5.97 Å². The van der Waals surface area contributed by atoms with Gasteiger partial charge in [-0.3, -0.25) is 4.90 Å². The summed E-state index contributed by atoms with van der Waals surface area (Å²) in [6, 6.07) is 4.32. The molecule has 1 aromatic rings. The van der Waals surface area contributed by atoms with Gasteiger partial charge in [0, 0.05) is 24.7 Å². The zero-order chi connectivity index (χ0) is 15.2. The average molecular weight is 294 g/mol. The van der Waals surface area contributed by atoms with Crippen LogP contribution in [0, 0.1) is 5.82 Å². The summed E-state index contributed by atoms with van der Waals surface area (Å²) in [5.41, 5.74) is 0.526. The van der Waals surface area contributed by atoms with Crippen LogP contribution in [0.1, 0.15) is 42.1 Å². The molecule has 4 nitrogen and oxygen atoms in total. The van der Waals surface area contributed by atoms with Crippen LogP contribution >= 0.6 is 0 Å². The van der Waals surface area contributed by atoms with E-state index in [0.29, 0.717) is 18.2 Å². The van der Waals surface area contributed by atoms with Gasteiger partial charge in [-0.15, -0.1) is 0 Å². The third kappa shape index (κ3) is 4.51. The highest BCUT2D eigenvalue weighted by atomic mass is 19.1. The van der Waals surface area contributed by atoms with Crippen LogP contribution in [0.2, 0.25) is 0 Å². The number of rotatable bonds is 6. The van der Waals surface area contributed by atoms with Gasteiger partial charge in [0.2, 0.25) is 0 Å². The van der Waals surface area contributed by atoms with Gasteiger partial charge in [0.25, 0.3) is 0 Å². The number of carboxylic acid groups (broad SMARTS) is 1. The quantitative estimate of drug-likeness (QED) is 0.846. The average Bonchev–Trinajstić information content (AvgIpc) is 2.49. The number of carbonyl (C=O) groups is 1. The molecule has 0 aliphatic carbocycles. The van der Waals surface area contributed by atoms with Crippen LogP contribution in [0.15, 0.2) is 18.2 Å². The van der Waals surface area contributed by atoms with Crippen molar-refractivity contribution in [3.63, 3.8) is 0 Å². The van der Waals surface area contributed by atoms with Crippen molar-refractivity contribution in [2.45, 2.75) is 38.8 Å². The summed E-state index contributed by atoms with van der Waals surface area (Å²) in [5.74, 6) is -1.39. The fraction of sp³-hybridized carbons (Fsp3) is 0.562. The van der Waals surface area contributed by atoms with Crippen LogP contribution in [-0.4, -0.2) is 41.7 Å². The Balaban J connectivity index is 1.85. The van der Waals surface area contributed by atoms with Crippen LogP contribution in [-0.2, 0) is 6.54 Å². The molecule has 0 aromatic heterocycles. The highest BCUT2D eigenvalue weighted by Gasteiger charge is 2.16. The summed E-state index contributed by atoms with van der Waals surface area (Å²) in [5, 5.41) is 12.2. The van der Waals surface area contributed by atoms with Gasteiger partial charge in [-0.1, -0.05) is 6.42 Å². The summed E-state index contributed by atoms with van der Waals surface area (Å²) >= 11 is 0. The molecular formula is C16H23FN2O2. The maximum absolute atomic E-state index is 13.7. The number of halogens is 1. The molecule has 5 heteroatoms. The van der Waals surface area contributed by atoms with Crippen LogP contribution in [0.3, 0.4) is 0 Å². The fourth-order valence-corrected chi connectivity index (χ4v) is 2.75. The Morgan fingerprint density at radius 1 is 1.38 bits per heavy atom. The first kappa shape index (κ1) is 15.9. The number of aromatic carboxylic acids is 1. The lowest BCUT2D eigenvalue weighted by molar-refractivity contribution is 0.0696. The predicted octanol–water partition coefficient (Wildman–Crippen LogP) is 2.49. The Morgan fingerprint density at radius 2 is 2.10 bits per heavy atom. The normalized spacial score (nSPS) is 17.6. The van der Waals surface area contributed by atoms with E-state index in [-0.39, 0.29) is 11.4 Å². The second-order valence-corrected chi connectivity index (χ2v) is 5.69. The highest BCUT2D eigenvalue weighted by molar-refractivity contribution is 5.87. The van der Waals surface area contributed by atoms with Crippen molar-refractivity contribution in [2.24, 2.45) is 0 Å². The molecule has 1 unspecified atom stereocenters. The molecule has 1 saturated heterocycles. The number of likely N-dealkylation sites (tertiary alicyclic amines) is 1. The molecule has 1 aromatic carbocycles. The highest BCUT2D eigenvalue weighted by Crippen LogP contribution is 2.13. The van der Waals surface area contributed by atoms with Gasteiger partial charge in [-0.05, 0) is 51.1 Å². The van der Waals surface area contributed by atoms with E-state index < -0.39 is 5.97 Å². The lowest BCUT2D eigenvalue weighted by atomic mass is 10.1. The first-order valence-corrected chi connectivity index (χ1v) is 7.54. The zero-order valence-electron chi connectivity index (χ0n) is 12.4. The minimum absolute atomic E-state index is 0.122. The SMILES string of the molecule is CC(CNCc1cc(C(=O)O)ccc1F)N1CCCCC1. The van der Waals surface area contributed by atoms with E-state index in [2.05, 4.69) is 17.1 Å². The fourth-order valence-electron chi connectivity index (χ4n) is 2.75. The van der Waals surface area contributed by atoms with Gasteiger partial charge < -0.3 is 10.4 Å². The topological polar surface area (TPSA) is 52.6 Å². The van der Waals surface area contributed by atoms with E-state index in [1.165, 1.54) is 37.5 Å². The number of benzene rings is 1. The minimum Gasteiger partial charge on any atom is -0.478 e. The summed E-state index contributed by atoms with van der Waals surface area (Å²) in [4.78, 5) is 13.3. The monoisotopic (exact) mass is 294 g/mol. The standard InChI is InChI=1S/C16H23FN2O2/c1-12(19-7-3-2-4-8-19)10-18-11-14-9-13(16(20)21)5-6-15(14)17/h5-6,9,12,18H,2-4,7-8,10-11H2,1H3,(H,20,21). The summed E-state index contributed by atoms with van der Waals surface area (Å²) in [6.07, 6.45) is 3.81. The molecule has 1 fully saturated rings. The van der Waals surface area contributed by atoms with Crippen molar-refractivity contribution in [3.05, 3.63) is 35.1 Å². The number of nitrogens with one attached hydrogen (secondary N) is 1. The lowest BCUT2D eigenvalue weighted by Gasteiger charge is -2.32.